The zero-order valence-electron chi connectivity index (χ0n) is 10.9. The van der Waals surface area contributed by atoms with Crippen LogP contribution in [-0.2, 0) is 29.6 Å². The molecule has 1 aliphatic rings. The van der Waals surface area contributed by atoms with Crippen molar-refractivity contribution >= 4 is 29.6 Å². The Labute approximate surface area is 124 Å². The SMILES string of the molecule is [B]C[C@]1(c2ccc(Cl)cc2)OC[C@@H](COS(C)(=O)=O)O1. The third kappa shape index (κ3) is 3.74. The monoisotopic (exact) mass is 316 g/mol. The number of ether oxygens (including phenoxy) is 2. The highest BCUT2D eigenvalue weighted by Gasteiger charge is 2.41. The van der Waals surface area contributed by atoms with Gasteiger partial charge in [-0.3, -0.25) is 4.18 Å². The Kier molecular flexibility index (Phi) is 4.76. The molecular weight excluding hydrogens is 302 g/mol. The minimum atomic E-state index is -3.51. The Morgan fingerprint density at radius 3 is 2.65 bits per heavy atom. The smallest absolute Gasteiger partial charge is 0.264 e. The summed E-state index contributed by atoms with van der Waals surface area (Å²) in [7, 11) is 2.23. The summed E-state index contributed by atoms with van der Waals surface area (Å²) in [5.41, 5.74) is 0.728. The molecule has 0 spiro atoms. The molecule has 1 aromatic rings. The van der Waals surface area contributed by atoms with E-state index in [4.69, 9.17) is 33.1 Å². The van der Waals surface area contributed by atoms with Crippen molar-refractivity contribution in [2.75, 3.05) is 19.5 Å². The van der Waals surface area contributed by atoms with Gasteiger partial charge in [0.15, 0.2) is 5.79 Å². The summed E-state index contributed by atoms with van der Waals surface area (Å²) in [4.78, 5) is 0. The second-order valence-corrected chi connectivity index (χ2v) is 6.58. The van der Waals surface area contributed by atoms with E-state index in [1.165, 1.54) is 0 Å². The summed E-state index contributed by atoms with van der Waals surface area (Å²) >= 11 is 5.84. The first-order valence-corrected chi connectivity index (χ1v) is 8.16. The van der Waals surface area contributed by atoms with Crippen LogP contribution in [0.2, 0.25) is 11.3 Å². The van der Waals surface area contributed by atoms with E-state index in [0.717, 1.165) is 11.8 Å². The third-order valence-electron chi connectivity index (χ3n) is 2.88. The summed E-state index contributed by atoms with van der Waals surface area (Å²) in [6.45, 7) is 0.101. The van der Waals surface area contributed by atoms with Gasteiger partial charge in [0.1, 0.15) is 6.10 Å². The summed E-state index contributed by atoms with van der Waals surface area (Å²) in [5, 5.41) is 0.593. The van der Waals surface area contributed by atoms with Gasteiger partial charge in [-0.25, -0.2) is 0 Å². The quantitative estimate of drug-likeness (QED) is 0.608. The summed E-state index contributed by atoms with van der Waals surface area (Å²) in [6.07, 6.45) is 0.589. The molecular formula is C12H14BClO5S. The molecule has 1 aromatic carbocycles. The van der Waals surface area contributed by atoms with Crippen molar-refractivity contribution in [1.82, 2.24) is 0 Å². The molecule has 2 rings (SSSR count). The molecule has 2 radical (unpaired) electrons. The highest BCUT2D eigenvalue weighted by molar-refractivity contribution is 7.85. The molecule has 0 saturated carbocycles. The Hall–Kier alpha value is -0.595. The van der Waals surface area contributed by atoms with Gasteiger partial charge in [-0.1, -0.05) is 23.7 Å². The zero-order chi connectivity index (χ0) is 14.8. The van der Waals surface area contributed by atoms with Crippen molar-refractivity contribution in [2.45, 2.75) is 18.2 Å². The largest absolute Gasteiger partial charge is 0.344 e. The van der Waals surface area contributed by atoms with Crippen LogP contribution < -0.4 is 0 Å². The summed E-state index contributed by atoms with van der Waals surface area (Å²) in [5.74, 6) is -1.09. The molecule has 0 N–H and O–H groups in total. The highest BCUT2D eigenvalue weighted by Crippen LogP contribution is 2.37. The molecule has 0 bridgehead atoms. The first-order chi connectivity index (χ1) is 9.35. The van der Waals surface area contributed by atoms with Gasteiger partial charge in [0.2, 0.25) is 0 Å². The number of rotatable bonds is 5. The van der Waals surface area contributed by atoms with Crippen LogP contribution in [0.25, 0.3) is 0 Å². The summed E-state index contributed by atoms with van der Waals surface area (Å²) < 4.78 is 38.0. The van der Waals surface area contributed by atoms with Crippen molar-refractivity contribution in [3.05, 3.63) is 34.9 Å². The van der Waals surface area contributed by atoms with Crippen LogP contribution in [0.3, 0.4) is 0 Å². The van der Waals surface area contributed by atoms with Gasteiger partial charge in [0, 0.05) is 10.6 Å². The lowest BCUT2D eigenvalue weighted by atomic mass is 9.90. The number of halogens is 1. The normalized spacial score (nSPS) is 26.8. The van der Waals surface area contributed by atoms with Crippen molar-refractivity contribution in [1.29, 1.82) is 0 Å². The predicted molar refractivity (Wildman–Crippen MR) is 75.3 cm³/mol. The van der Waals surface area contributed by atoms with Gasteiger partial charge in [0.05, 0.1) is 27.3 Å². The molecule has 108 valence electrons. The molecule has 0 aromatic heterocycles. The molecule has 1 heterocycles. The molecule has 1 saturated heterocycles. The summed E-state index contributed by atoms with van der Waals surface area (Å²) in [6, 6.07) is 6.94. The van der Waals surface area contributed by atoms with E-state index in [-0.39, 0.29) is 19.5 Å². The maximum atomic E-state index is 11.0. The third-order valence-corrected chi connectivity index (χ3v) is 3.70. The lowest BCUT2D eigenvalue weighted by molar-refractivity contribution is -0.163. The minimum Gasteiger partial charge on any atom is -0.344 e. The van der Waals surface area contributed by atoms with Gasteiger partial charge in [-0.05, 0) is 18.5 Å². The van der Waals surface area contributed by atoms with Gasteiger partial charge < -0.3 is 9.47 Å². The maximum Gasteiger partial charge on any atom is 0.264 e. The van der Waals surface area contributed by atoms with Gasteiger partial charge in [0.25, 0.3) is 10.1 Å². The highest BCUT2D eigenvalue weighted by atomic mass is 35.5. The lowest BCUT2D eigenvalue weighted by Gasteiger charge is -2.27. The second-order valence-electron chi connectivity index (χ2n) is 4.50. The molecule has 1 aliphatic heterocycles. The van der Waals surface area contributed by atoms with E-state index >= 15 is 0 Å². The van der Waals surface area contributed by atoms with Crippen LogP contribution >= 0.6 is 11.6 Å². The van der Waals surface area contributed by atoms with Crippen molar-refractivity contribution in [3.63, 3.8) is 0 Å². The fourth-order valence-corrected chi connectivity index (χ4v) is 2.45. The number of benzene rings is 1. The van der Waals surface area contributed by atoms with E-state index in [1.807, 2.05) is 0 Å². The first-order valence-electron chi connectivity index (χ1n) is 5.97. The Balaban J connectivity index is 2.09. The van der Waals surface area contributed by atoms with E-state index in [0.29, 0.717) is 5.02 Å². The van der Waals surface area contributed by atoms with Crippen LogP contribution in [-0.4, -0.2) is 41.8 Å². The van der Waals surface area contributed by atoms with Gasteiger partial charge in [-0.15, -0.1) is 0 Å². The van der Waals surface area contributed by atoms with Crippen molar-refractivity contribution in [3.8, 4) is 0 Å². The standard InChI is InChI=1S/C12H14BClO5S/c1-20(15,16)18-7-11-6-17-12(8-13,19-11)9-2-4-10(14)5-3-9/h2-5,11H,6-8H2,1H3/t11-,12-/m0/s1. The van der Waals surface area contributed by atoms with Crippen LogP contribution in [0.1, 0.15) is 5.56 Å². The molecule has 1 fully saturated rings. The maximum absolute atomic E-state index is 11.0. The Morgan fingerprint density at radius 1 is 1.45 bits per heavy atom. The van der Waals surface area contributed by atoms with Crippen LogP contribution in [0.5, 0.6) is 0 Å². The Bertz CT molecular complexity index is 562. The van der Waals surface area contributed by atoms with Crippen molar-refractivity contribution < 1.29 is 22.1 Å². The predicted octanol–water partition coefficient (Wildman–Crippen LogP) is 1.47. The van der Waals surface area contributed by atoms with Gasteiger partial charge in [-0.2, -0.15) is 8.42 Å². The van der Waals surface area contributed by atoms with E-state index < -0.39 is 22.0 Å². The van der Waals surface area contributed by atoms with Crippen molar-refractivity contribution in [2.24, 2.45) is 0 Å². The Morgan fingerprint density at radius 2 is 2.10 bits per heavy atom. The number of hydrogen-bond donors (Lipinski definition) is 0. The molecule has 0 unspecified atom stereocenters. The lowest BCUT2D eigenvalue weighted by Crippen LogP contribution is -2.29. The van der Waals surface area contributed by atoms with Crippen LogP contribution in [0, 0.1) is 0 Å². The topological polar surface area (TPSA) is 61.8 Å². The first kappa shape index (κ1) is 15.8. The van der Waals surface area contributed by atoms with E-state index in [2.05, 4.69) is 0 Å². The molecule has 2 atom stereocenters. The van der Waals surface area contributed by atoms with E-state index in [9.17, 15) is 8.42 Å². The fourth-order valence-electron chi connectivity index (χ4n) is 1.93. The molecule has 20 heavy (non-hydrogen) atoms. The van der Waals surface area contributed by atoms with Crippen LogP contribution in [0.4, 0.5) is 0 Å². The fraction of sp³-hybridized carbons (Fsp3) is 0.500. The zero-order valence-corrected chi connectivity index (χ0v) is 12.5. The van der Waals surface area contributed by atoms with E-state index in [1.54, 1.807) is 24.3 Å². The number of hydrogen-bond acceptors (Lipinski definition) is 5. The minimum absolute atomic E-state index is 0.101. The molecule has 0 amide bonds. The average Bonchev–Trinajstić information content (AvgIpc) is 2.81. The molecule has 5 nitrogen and oxygen atoms in total. The van der Waals surface area contributed by atoms with Gasteiger partial charge >= 0.3 is 0 Å². The second kappa shape index (κ2) is 6.03. The molecule has 8 heteroatoms. The molecule has 0 aliphatic carbocycles. The average molecular weight is 317 g/mol. The van der Waals surface area contributed by atoms with Crippen LogP contribution in [0.15, 0.2) is 24.3 Å².